The summed E-state index contributed by atoms with van der Waals surface area (Å²) in [5.41, 5.74) is 7.01. The van der Waals surface area contributed by atoms with Gasteiger partial charge in [0.05, 0.1) is 0 Å². The van der Waals surface area contributed by atoms with Gasteiger partial charge in [-0.3, -0.25) is 9.89 Å². The van der Waals surface area contributed by atoms with Crippen molar-refractivity contribution >= 4 is 11.6 Å². The molecule has 1 heterocycles. The molecule has 0 aromatic heterocycles. The molecule has 0 atom stereocenters. The first kappa shape index (κ1) is 17.0. The Morgan fingerprint density at radius 3 is 2.50 bits per heavy atom. The lowest BCUT2D eigenvalue weighted by Gasteiger charge is -2.36. The van der Waals surface area contributed by atoms with Crippen molar-refractivity contribution in [1.82, 2.24) is 10.2 Å². The van der Waals surface area contributed by atoms with E-state index in [1.54, 1.807) is 0 Å². The van der Waals surface area contributed by atoms with Gasteiger partial charge in [-0.1, -0.05) is 6.42 Å². The Morgan fingerprint density at radius 2 is 1.88 bits per heavy atom. The Kier molecular flexibility index (Phi) is 5.91. The van der Waals surface area contributed by atoms with Crippen LogP contribution in [0.1, 0.15) is 19.3 Å². The molecule has 2 aliphatic rings. The van der Waals surface area contributed by atoms with E-state index in [1.165, 1.54) is 31.4 Å². The molecule has 1 aromatic carbocycles. The van der Waals surface area contributed by atoms with E-state index in [2.05, 4.69) is 20.1 Å². The standard InChI is InChI=1S/C18H28FN5/c19-16-4-6-17(7-5-16)24-12-10-23(11-13-24)9-8-21-18(20)22-14-15-2-1-3-15/h4-7,15H,1-3,8-14H2,(H3,20,21,22). The number of aliphatic imine (C=N–C) groups is 1. The lowest BCUT2D eigenvalue weighted by molar-refractivity contribution is 0.261. The van der Waals surface area contributed by atoms with Crippen LogP contribution in [0, 0.1) is 11.7 Å². The molecule has 3 rings (SSSR count). The number of guanidine groups is 1. The van der Waals surface area contributed by atoms with E-state index >= 15 is 0 Å². The highest BCUT2D eigenvalue weighted by molar-refractivity contribution is 5.77. The number of hydrogen-bond acceptors (Lipinski definition) is 3. The number of nitrogens with two attached hydrogens (primary N) is 1. The van der Waals surface area contributed by atoms with Crippen LogP contribution in [0.15, 0.2) is 29.3 Å². The summed E-state index contributed by atoms with van der Waals surface area (Å²) in [6.07, 6.45) is 3.95. The number of nitrogens with one attached hydrogen (secondary N) is 1. The molecule has 0 radical (unpaired) electrons. The van der Waals surface area contributed by atoms with Gasteiger partial charge in [-0.25, -0.2) is 4.39 Å². The van der Waals surface area contributed by atoms with Crippen molar-refractivity contribution in [2.24, 2.45) is 16.6 Å². The molecule has 0 bridgehead atoms. The predicted molar refractivity (Wildman–Crippen MR) is 96.9 cm³/mol. The maximum atomic E-state index is 13.0. The summed E-state index contributed by atoms with van der Waals surface area (Å²) in [7, 11) is 0. The summed E-state index contributed by atoms with van der Waals surface area (Å²) in [5, 5.41) is 3.21. The smallest absolute Gasteiger partial charge is 0.188 e. The topological polar surface area (TPSA) is 56.9 Å². The van der Waals surface area contributed by atoms with Crippen LogP contribution in [0.3, 0.4) is 0 Å². The van der Waals surface area contributed by atoms with Crippen molar-refractivity contribution in [3.63, 3.8) is 0 Å². The van der Waals surface area contributed by atoms with Gasteiger partial charge in [0.15, 0.2) is 5.96 Å². The minimum Gasteiger partial charge on any atom is -0.370 e. The Bertz CT molecular complexity index is 533. The number of halogens is 1. The zero-order valence-electron chi connectivity index (χ0n) is 14.3. The fourth-order valence-corrected chi connectivity index (χ4v) is 3.18. The third-order valence-electron chi connectivity index (χ3n) is 5.04. The van der Waals surface area contributed by atoms with Crippen LogP contribution in [0.25, 0.3) is 0 Å². The van der Waals surface area contributed by atoms with Crippen LogP contribution in [0.5, 0.6) is 0 Å². The van der Waals surface area contributed by atoms with Gasteiger partial charge in [0, 0.05) is 51.5 Å². The Balaban J connectivity index is 1.32. The van der Waals surface area contributed by atoms with Gasteiger partial charge in [0.2, 0.25) is 0 Å². The SMILES string of the molecule is NC(=NCC1CCC1)NCCN1CCN(c2ccc(F)cc2)CC1. The van der Waals surface area contributed by atoms with E-state index in [9.17, 15) is 4.39 Å². The van der Waals surface area contributed by atoms with Crippen molar-refractivity contribution in [1.29, 1.82) is 0 Å². The monoisotopic (exact) mass is 333 g/mol. The highest BCUT2D eigenvalue weighted by atomic mass is 19.1. The van der Waals surface area contributed by atoms with Crippen molar-refractivity contribution in [2.45, 2.75) is 19.3 Å². The minimum atomic E-state index is -0.181. The second kappa shape index (κ2) is 8.33. The van der Waals surface area contributed by atoms with E-state index in [0.29, 0.717) is 5.96 Å². The van der Waals surface area contributed by atoms with E-state index in [4.69, 9.17) is 5.73 Å². The third-order valence-corrected chi connectivity index (χ3v) is 5.04. The summed E-state index contributed by atoms with van der Waals surface area (Å²) >= 11 is 0. The molecule has 3 N–H and O–H groups in total. The molecular formula is C18H28FN5. The van der Waals surface area contributed by atoms with E-state index in [0.717, 1.165) is 57.4 Å². The molecule has 1 saturated carbocycles. The van der Waals surface area contributed by atoms with Crippen LogP contribution < -0.4 is 16.0 Å². The third kappa shape index (κ3) is 4.84. The summed E-state index contributed by atoms with van der Waals surface area (Å²) in [6.45, 7) is 6.63. The Labute approximate surface area is 143 Å². The summed E-state index contributed by atoms with van der Waals surface area (Å²) in [4.78, 5) is 9.14. The maximum absolute atomic E-state index is 13.0. The Hall–Kier alpha value is -1.82. The first-order chi connectivity index (χ1) is 11.7. The normalized spacial score (nSPS) is 20.0. The molecule has 0 amide bonds. The molecule has 0 spiro atoms. The highest BCUT2D eigenvalue weighted by Gasteiger charge is 2.17. The van der Waals surface area contributed by atoms with Crippen LogP contribution in [0.2, 0.25) is 0 Å². The Morgan fingerprint density at radius 1 is 1.17 bits per heavy atom. The molecular weight excluding hydrogens is 305 g/mol. The van der Waals surface area contributed by atoms with Crippen LogP contribution in [-0.2, 0) is 0 Å². The van der Waals surface area contributed by atoms with Crippen molar-refractivity contribution in [3.05, 3.63) is 30.1 Å². The van der Waals surface area contributed by atoms with Gasteiger partial charge >= 0.3 is 0 Å². The highest BCUT2D eigenvalue weighted by Crippen LogP contribution is 2.26. The first-order valence-corrected chi connectivity index (χ1v) is 8.97. The van der Waals surface area contributed by atoms with Crippen molar-refractivity contribution in [3.8, 4) is 0 Å². The van der Waals surface area contributed by atoms with Crippen molar-refractivity contribution in [2.75, 3.05) is 50.7 Å². The molecule has 24 heavy (non-hydrogen) atoms. The number of benzene rings is 1. The van der Waals surface area contributed by atoms with Crippen LogP contribution >= 0.6 is 0 Å². The molecule has 1 aromatic rings. The molecule has 2 fully saturated rings. The van der Waals surface area contributed by atoms with Gasteiger partial charge < -0.3 is 16.0 Å². The number of piperazine rings is 1. The second-order valence-corrected chi connectivity index (χ2v) is 6.75. The van der Waals surface area contributed by atoms with Crippen LogP contribution in [-0.4, -0.2) is 56.7 Å². The average molecular weight is 333 g/mol. The molecule has 6 heteroatoms. The zero-order chi connectivity index (χ0) is 16.8. The van der Waals surface area contributed by atoms with Crippen LogP contribution in [0.4, 0.5) is 10.1 Å². The lowest BCUT2D eigenvalue weighted by Crippen LogP contribution is -2.49. The molecule has 132 valence electrons. The average Bonchev–Trinajstić information content (AvgIpc) is 2.55. The number of nitrogens with zero attached hydrogens (tertiary/aromatic N) is 3. The number of anilines is 1. The molecule has 1 aliphatic heterocycles. The zero-order valence-corrected chi connectivity index (χ0v) is 14.3. The van der Waals surface area contributed by atoms with E-state index in [-0.39, 0.29) is 5.82 Å². The lowest BCUT2D eigenvalue weighted by atomic mass is 9.86. The minimum absolute atomic E-state index is 0.181. The van der Waals surface area contributed by atoms with Gasteiger partial charge in [-0.2, -0.15) is 0 Å². The fraction of sp³-hybridized carbons (Fsp3) is 0.611. The van der Waals surface area contributed by atoms with Gasteiger partial charge in [0.25, 0.3) is 0 Å². The van der Waals surface area contributed by atoms with Gasteiger partial charge in [0.1, 0.15) is 5.82 Å². The number of rotatable bonds is 6. The first-order valence-electron chi connectivity index (χ1n) is 8.97. The summed E-state index contributed by atoms with van der Waals surface area (Å²) in [6, 6.07) is 6.76. The predicted octanol–water partition coefficient (Wildman–Crippen LogP) is 1.65. The largest absolute Gasteiger partial charge is 0.370 e. The summed E-state index contributed by atoms with van der Waals surface area (Å²) in [5.74, 6) is 1.15. The van der Waals surface area contributed by atoms with E-state index in [1.807, 2.05) is 12.1 Å². The molecule has 5 nitrogen and oxygen atoms in total. The molecule has 1 saturated heterocycles. The van der Waals surface area contributed by atoms with Crippen molar-refractivity contribution < 1.29 is 4.39 Å². The van der Waals surface area contributed by atoms with Gasteiger partial charge in [-0.15, -0.1) is 0 Å². The second-order valence-electron chi connectivity index (χ2n) is 6.75. The molecule has 1 aliphatic carbocycles. The summed E-state index contributed by atoms with van der Waals surface area (Å²) < 4.78 is 13.0. The maximum Gasteiger partial charge on any atom is 0.188 e. The number of hydrogen-bond donors (Lipinski definition) is 2. The fourth-order valence-electron chi connectivity index (χ4n) is 3.18. The molecule has 0 unspecified atom stereocenters. The van der Waals surface area contributed by atoms with Gasteiger partial charge in [-0.05, 0) is 43.0 Å². The quantitative estimate of drug-likeness (QED) is 0.614. The van der Waals surface area contributed by atoms with E-state index < -0.39 is 0 Å².